The molecule has 0 saturated carbocycles. The Hall–Kier alpha value is -2.25. The Labute approximate surface area is 145 Å². The highest BCUT2D eigenvalue weighted by Gasteiger charge is 2.14. The minimum Gasteiger partial charge on any atom is -0.372 e. The van der Waals surface area contributed by atoms with Crippen LogP contribution in [-0.4, -0.2) is 30.0 Å². The molecular formula is C17H21N3O3S. The van der Waals surface area contributed by atoms with Crippen molar-refractivity contribution < 1.29 is 14.3 Å². The molecule has 7 heteroatoms. The summed E-state index contributed by atoms with van der Waals surface area (Å²) >= 11 is 1.35. The van der Waals surface area contributed by atoms with Gasteiger partial charge in [0.05, 0.1) is 0 Å². The van der Waals surface area contributed by atoms with Gasteiger partial charge in [-0.3, -0.25) is 14.9 Å². The number of amides is 2. The van der Waals surface area contributed by atoms with Gasteiger partial charge in [0.2, 0.25) is 5.91 Å². The summed E-state index contributed by atoms with van der Waals surface area (Å²) < 4.78 is 5.30. The molecule has 0 saturated heterocycles. The molecule has 128 valence electrons. The van der Waals surface area contributed by atoms with E-state index in [9.17, 15) is 9.59 Å². The average molecular weight is 347 g/mol. The van der Waals surface area contributed by atoms with Gasteiger partial charge in [0, 0.05) is 29.4 Å². The lowest BCUT2D eigenvalue weighted by molar-refractivity contribution is -0.120. The largest absolute Gasteiger partial charge is 0.372 e. The maximum Gasteiger partial charge on any atom is 0.257 e. The lowest BCUT2D eigenvalue weighted by atomic mass is 10.1. The van der Waals surface area contributed by atoms with Gasteiger partial charge in [0.25, 0.3) is 5.91 Å². The molecule has 0 radical (unpaired) electrons. The molecule has 0 aliphatic heterocycles. The number of ether oxygens (including phenoxy) is 1. The Morgan fingerprint density at radius 2 is 2.12 bits per heavy atom. The fraction of sp³-hybridized carbons (Fsp3) is 0.353. The maximum atomic E-state index is 12.3. The van der Waals surface area contributed by atoms with Crippen molar-refractivity contribution in [2.75, 3.05) is 23.8 Å². The summed E-state index contributed by atoms with van der Waals surface area (Å²) in [5.41, 5.74) is 1.80. The molecule has 0 atom stereocenters. The van der Waals surface area contributed by atoms with E-state index < -0.39 is 0 Å². The van der Waals surface area contributed by atoms with Crippen molar-refractivity contribution in [2.45, 2.75) is 26.7 Å². The number of carbonyl (C=O) groups excluding carboxylic acids is 2. The molecule has 24 heavy (non-hydrogen) atoms. The first-order chi connectivity index (χ1) is 11.6. The summed E-state index contributed by atoms with van der Waals surface area (Å²) in [6.07, 6.45) is 3.58. The van der Waals surface area contributed by atoms with Crippen molar-refractivity contribution in [1.29, 1.82) is 0 Å². The number of aromatic nitrogens is 1. The summed E-state index contributed by atoms with van der Waals surface area (Å²) in [5.74, 6) is -0.482. The molecule has 0 aliphatic rings. The van der Waals surface area contributed by atoms with Crippen LogP contribution >= 0.6 is 11.3 Å². The predicted octanol–water partition coefficient (Wildman–Crippen LogP) is 3.46. The van der Waals surface area contributed by atoms with Gasteiger partial charge in [-0.15, -0.1) is 11.3 Å². The van der Waals surface area contributed by atoms with Crippen LogP contribution in [0.5, 0.6) is 0 Å². The molecule has 0 unspecified atom stereocenters. The Morgan fingerprint density at radius 3 is 2.83 bits per heavy atom. The molecule has 0 aliphatic carbocycles. The SMILES string of the molecule is CCCCOCC(=O)Nc1cccc(C(=O)Nc2nccs2)c1C. The third-order valence-corrected chi connectivity index (χ3v) is 4.07. The zero-order chi connectivity index (χ0) is 17.4. The van der Waals surface area contributed by atoms with E-state index in [0.717, 1.165) is 12.8 Å². The number of benzene rings is 1. The summed E-state index contributed by atoms with van der Waals surface area (Å²) in [5, 5.41) is 7.85. The van der Waals surface area contributed by atoms with E-state index in [2.05, 4.69) is 22.5 Å². The lowest BCUT2D eigenvalue weighted by Gasteiger charge is -2.12. The number of hydrogen-bond acceptors (Lipinski definition) is 5. The number of nitrogens with zero attached hydrogens (tertiary/aromatic N) is 1. The van der Waals surface area contributed by atoms with Crippen LogP contribution in [0, 0.1) is 6.92 Å². The molecule has 0 bridgehead atoms. The number of rotatable bonds is 8. The molecule has 2 aromatic rings. The van der Waals surface area contributed by atoms with Crippen LogP contribution in [0.15, 0.2) is 29.8 Å². The van der Waals surface area contributed by atoms with Crippen molar-refractivity contribution in [1.82, 2.24) is 4.98 Å². The molecule has 2 rings (SSSR count). The molecule has 0 fully saturated rings. The van der Waals surface area contributed by atoms with E-state index in [1.54, 1.807) is 36.7 Å². The highest BCUT2D eigenvalue weighted by Crippen LogP contribution is 2.21. The summed E-state index contributed by atoms with van der Waals surface area (Å²) in [4.78, 5) is 28.3. The van der Waals surface area contributed by atoms with Gasteiger partial charge in [0.1, 0.15) is 6.61 Å². The molecule has 6 nitrogen and oxygen atoms in total. The number of carbonyl (C=O) groups is 2. The van der Waals surface area contributed by atoms with E-state index >= 15 is 0 Å². The molecule has 1 aromatic carbocycles. The molecular weight excluding hydrogens is 326 g/mol. The van der Waals surface area contributed by atoms with Crippen molar-refractivity contribution in [3.8, 4) is 0 Å². The first kappa shape index (κ1) is 18.1. The number of hydrogen-bond donors (Lipinski definition) is 2. The second-order valence-corrected chi connectivity index (χ2v) is 6.12. The number of unbranched alkanes of at least 4 members (excludes halogenated alkanes) is 1. The molecule has 1 aromatic heterocycles. The average Bonchev–Trinajstić information content (AvgIpc) is 3.06. The van der Waals surface area contributed by atoms with Crippen LogP contribution in [0.1, 0.15) is 35.7 Å². The minimum absolute atomic E-state index is 0.00891. The highest BCUT2D eigenvalue weighted by atomic mass is 32.1. The van der Waals surface area contributed by atoms with Crippen LogP contribution < -0.4 is 10.6 Å². The normalized spacial score (nSPS) is 10.4. The van der Waals surface area contributed by atoms with Crippen molar-refractivity contribution in [3.63, 3.8) is 0 Å². The number of thiazole rings is 1. The Bertz CT molecular complexity index is 686. The van der Waals surface area contributed by atoms with Crippen molar-refractivity contribution in [3.05, 3.63) is 40.9 Å². The van der Waals surface area contributed by atoms with Gasteiger partial charge in [-0.25, -0.2) is 4.98 Å². The Kier molecular flexibility index (Phi) is 6.89. The molecule has 1 heterocycles. The molecule has 2 amide bonds. The Morgan fingerprint density at radius 1 is 1.29 bits per heavy atom. The van der Waals surface area contributed by atoms with Gasteiger partial charge in [0.15, 0.2) is 5.13 Å². The van der Waals surface area contributed by atoms with Crippen LogP contribution in [0.25, 0.3) is 0 Å². The fourth-order valence-electron chi connectivity index (χ4n) is 2.06. The smallest absolute Gasteiger partial charge is 0.257 e. The maximum absolute atomic E-state index is 12.3. The van der Waals surface area contributed by atoms with Crippen LogP contribution in [0.2, 0.25) is 0 Å². The third-order valence-electron chi connectivity index (χ3n) is 3.38. The van der Waals surface area contributed by atoms with Gasteiger partial charge in [-0.1, -0.05) is 19.4 Å². The summed E-state index contributed by atoms with van der Waals surface area (Å²) in [6.45, 7) is 4.44. The molecule has 2 N–H and O–H groups in total. The first-order valence-corrected chi connectivity index (χ1v) is 8.67. The summed E-state index contributed by atoms with van der Waals surface area (Å²) in [7, 11) is 0. The van der Waals surface area contributed by atoms with E-state index in [4.69, 9.17) is 4.74 Å². The van der Waals surface area contributed by atoms with Crippen molar-refractivity contribution >= 4 is 34.0 Å². The van der Waals surface area contributed by atoms with Gasteiger partial charge in [-0.05, 0) is 31.0 Å². The third kappa shape index (κ3) is 5.14. The zero-order valence-electron chi connectivity index (χ0n) is 13.8. The Balaban J connectivity index is 1.99. The van der Waals surface area contributed by atoms with E-state index in [1.165, 1.54) is 11.3 Å². The zero-order valence-corrected chi connectivity index (χ0v) is 14.6. The highest BCUT2D eigenvalue weighted by molar-refractivity contribution is 7.13. The van der Waals surface area contributed by atoms with Gasteiger partial charge >= 0.3 is 0 Å². The minimum atomic E-state index is -0.252. The second-order valence-electron chi connectivity index (χ2n) is 5.22. The first-order valence-electron chi connectivity index (χ1n) is 7.80. The fourth-order valence-corrected chi connectivity index (χ4v) is 2.59. The van der Waals surface area contributed by atoms with Gasteiger partial charge < -0.3 is 10.1 Å². The van der Waals surface area contributed by atoms with E-state index in [0.29, 0.717) is 28.6 Å². The van der Waals surface area contributed by atoms with Crippen LogP contribution in [0.3, 0.4) is 0 Å². The van der Waals surface area contributed by atoms with E-state index in [1.807, 2.05) is 0 Å². The second kappa shape index (κ2) is 9.14. The molecule has 0 spiro atoms. The van der Waals surface area contributed by atoms with Crippen LogP contribution in [0.4, 0.5) is 10.8 Å². The number of anilines is 2. The number of nitrogens with one attached hydrogen (secondary N) is 2. The van der Waals surface area contributed by atoms with Gasteiger partial charge in [-0.2, -0.15) is 0 Å². The van der Waals surface area contributed by atoms with Crippen LogP contribution in [-0.2, 0) is 9.53 Å². The standard InChI is InChI=1S/C17H21N3O3S/c1-3-4-9-23-11-15(21)19-14-7-5-6-13(12(14)2)16(22)20-17-18-8-10-24-17/h5-8,10H,3-4,9,11H2,1-2H3,(H,19,21)(H,18,20,22). The van der Waals surface area contributed by atoms with E-state index in [-0.39, 0.29) is 18.4 Å². The lowest BCUT2D eigenvalue weighted by Crippen LogP contribution is -2.20. The van der Waals surface area contributed by atoms with Crippen molar-refractivity contribution in [2.24, 2.45) is 0 Å². The monoisotopic (exact) mass is 347 g/mol. The summed E-state index contributed by atoms with van der Waals surface area (Å²) in [6, 6.07) is 5.21. The predicted molar refractivity (Wildman–Crippen MR) is 95.6 cm³/mol. The quantitative estimate of drug-likeness (QED) is 0.717. The topological polar surface area (TPSA) is 80.3 Å².